The van der Waals surface area contributed by atoms with Crippen molar-refractivity contribution >= 4 is 29.1 Å². The van der Waals surface area contributed by atoms with Gasteiger partial charge in [-0.1, -0.05) is 22.9 Å². The number of rotatable bonds is 4. The molecule has 0 bridgehead atoms. The number of aromatic nitrogens is 3. The fourth-order valence-electron chi connectivity index (χ4n) is 2.66. The first-order valence-corrected chi connectivity index (χ1v) is 8.61. The first-order chi connectivity index (χ1) is 12.9. The van der Waals surface area contributed by atoms with Crippen LogP contribution in [0.2, 0.25) is 5.02 Å². The van der Waals surface area contributed by atoms with Crippen LogP contribution in [0.1, 0.15) is 32.1 Å². The van der Waals surface area contributed by atoms with Gasteiger partial charge in [0.05, 0.1) is 11.4 Å². The Labute approximate surface area is 161 Å². The molecule has 1 aromatic heterocycles. The van der Waals surface area contributed by atoms with Crippen molar-refractivity contribution in [3.8, 4) is 5.69 Å². The van der Waals surface area contributed by atoms with Gasteiger partial charge in [0.1, 0.15) is 0 Å². The predicted molar refractivity (Wildman–Crippen MR) is 104 cm³/mol. The highest BCUT2D eigenvalue weighted by molar-refractivity contribution is 6.30. The zero-order chi connectivity index (χ0) is 19.6. The maximum absolute atomic E-state index is 12.6. The van der Waals surface area contributed by atoms with Crippen molar-refractivity contribution in [1.29, 1.82) is 0 Å². The quantitative estimate of drug-likeness (QED) is 0.724. The van der Waals surface area contributed by atoms with E-state index in [2.05, 4.69) is 20.9 Å². The van der Waals surface area contributed by atoms with Crippen LogP contribution in [-0.2, 0) is 0 Å². The summed E-state index contributed by atoms with van der Waals surface area (Å²) in [5.41, 5.74) is 3.42. The third-order valence-corrected chi connectivity index (χ3v) is 4.36. The second-order valence-corrected chi connectivity index (χ2v) is 6.41. The molecule has 3 rings (SSSR count). The second-order valence-electron chi connectivity index (χ2n) is 5.98. The molecule has 27 heavy (non-hydrogen) atoms. The van der Waals surface area contributed by atoms with Crippen LogP contribution in [0.5, 0.6) is 0 Å². The molecule has 1 heterocycles. The largest absolute Gasteiger partial charge is 0.355 e. The Morgan fingerprint density at radius 3 is 2.52 bits per heavy atom. The highest BCUT2D eigenvalue weighted by atomic mass is 35.5. The van der Waals surface area contributed by atoms with Crippen molar-refractivity contribution in [2.75, 3.05) is 12.4 Å². The van der Waals surface area contributed by atoms with E-state index in [-0.39, 0.29) is 17.5 Å². The maximum Gasteiger partial charge on any atom is 0.278 e. The minimum atomic E-state index is -0.378. The normalized spacial score (nSPS) is 10.5. The van der Waals surface area contributed by atoms with E-state index in [9.17, 15) is 9.59 Å². The molecule has 0 aliphatic heterocycles. The van der Waals surface area contributed by atoms with Crippen LogP contribution in [0.4, 0.5) is 5.69 Å². The summed E-state index contributed by atoms with van der Waals surface area (Å²) in [6.45, 7) is 3.58. The topological polar surface area (TPSA) is 88.9 Å². The van der Waals surface area contributed by atoms with Gasteiger partial charge < -0.3 is 10.6 Å². The summed E-state index contributed by atoms with van der Waals surface area (Å²) in [6, 6.07) is 12.2. The number of carbonyl (C=O) groups is 2. The number of benzene rings is 2. The number of hydrogen-bond acceptors (Lipinski definition) is 4. The summed E-state index contributed by atoms with van der Waals surface area (Å²) in [7, 11) is 1.57. The van der Waals surface area contributed by atoms with Gasteiger partial charge in [-0.2, -0.15) is 0 Å². The Morgan fingerprint density at radius 2 is 1.85 bits per heavy atom. The molecule has 3 aromatic rings. The van der Waals surface area contributed by atoms with Gasteiger partial charge in [-0.05, 0) is 55.8 Å². The number of halogens is 1. The van der Waals surface area contributed by atoms with E-state index in [4.69, 9.17) is 11.6 Å². The number of nitrogens with zero attached hydrogens (tertiary/aromatic N) is 3. The molecule has 0 spiro atoms. The highest BCUT2D eigenvalue weighted by Gasteiger charge is 2.18. The highest BCUT2D eigenvalue weighted by Crippen LogP contribution is 2.20. The molecule has 2 N–H and O–H groups in total. The monoisotopic (exact) mass is 383 g/mol. The van der Waals surface area contributed by atoms with Crippen LogP contribution in [0, 0.1) is 13.8 Å². The number of aryl methyl sites for hydroxylation is 1. The Hall–Kier alpha value is -3.19. The van der Waals surface area contributed by atoms with Crippen molar-refractivity contribution in [1.82, 2.24) is 20.3 Å². The summed E-state index contributed by atoms with van der Waals surface area (Å²) >= 11 is 6.02. The average molecular weight is 384 g/mol. The summed E-state index contributed by atoms with van der Waals surface area (Å²) in [6.07, 6.45) is 0. The lowest BCUT2D eigenvalue weighted by Gasteiger charge is -2.09. The number of carbonyl (C=O) groups excluding carboxylic acids is 2. The van der Waals surface area contributed by atoms with E-state index >= 15 is 0 Å². The molecule has 0 fully saturated rings. The number of hydrogen-bond donors (Lipinski definition) is 2. The minimum absolute atomic E-state index is 0.184. The summed E-state index contributed by atoms with van der Waals surface area (Å²) in [5, 5.41) is 14.0. The van der Waals surface area contributed by atoms with E-state index in [0.29, 0.717) is 22.0 Å². The standard InChI is InChI=1S/C19H18ClN5O2/c1-11-9-13(18(26)21-3)7-8-16(11)22-19(27)17-12(2)25(24-23-17)15-6-4-5-14(20)10-15/h4-10H,1-3H3,(H,21,26)(H,22,27). The third kappa shape index (κ3) is 3.83. The van der Waals surface area contributed by atoms with Crippen LogP contribution in [0.15, 0.2) is 42.5 Å². The molecule has 7 nitrogen and oxygen atoms in total. The van der Waals surface area contributed by atoms with Gasteiger partial charge >= 0.3 is 0 Å². The van der Waals surface area contributed by atoms with E-state index in [0.717, 1.165) is 11.3 Å². The van der Waals surface area contributed by atoms with Crippen molar-refractivity contribution < 1.29 is 9.59 Å². The molecule has 2 aromatic carbocycles. The van der Waals surface area contributed by atoms with Crippen molar-refractivity contribution in [2.45, 2.75) is 13.8 Å². The van der Waals surface area contributed by atoms with Gasteiger partial charge in [-0.15, -0.1) is 5.10 Å². The predicted octanol–water partition coefficient (Wildman–Crippen LogP) is 3.15. The van der Waals surface area contributed by atoms with Crippen molar-refractivity contribution in [3.63, 3.8) is 0 Å². The Morgan fingerprint density at radius 1 is 1.07 bits per heavy atom. The number of nitrogens with one attached hydrogen (secondary N) is 2. The van der Waals surface area contributed by atoms with E-state index in [1.807, 2.05) is 13.0 Å². The molecule has 8 heteroatoms. The first kappa shape index (κ1) is 18.6. The van der Waals surface area contributed by atoms with Gasteiger partial charge in [-0.3, -0.25) is 9.59 Å². The minimum Gasteiger partial charge on any atom is -0.355 e. The van der Waals surface area contributed by atoms with E-state index in [1.165, 1.54) is 0 Å². The molecule has 0 aliphatic carbocycles. The van der Waals surface area contributed by atoms with Gasteiger partial charge in [0.15, 0.2) is 5.69 Å². The van der Waals surface area contributed by atoms with Crippen LogP contribution in [0.3, 0.4) is 0 Å². The van der Waals surface area contributed by atoms with Crippen LogP contribution in [-0.4, -0.2) is 33.9 Å². The SMILES string of the molecule is CNC(=O)c1ccc(NC(=O)c2nnn(-c3cccc(Cl)c3)c2C)c(C)c1. The lowest BCUT2D eigenvalue weighted by molar-refractivity contribution is 0.0962. The fraction of sp³-hybridized carbons (Fsp3) is 0.158. The molecule has 0 radical (unpaired) electrons. The van der Waals surface area contributed by atoms with Crippen LogP contribution < -0.4 is 10.6 Å². The van der Waals surface area contributed by atoms with Crippen molar-refractivity contribution in [3.05, 3.63) is 70.0 Å². The van der Waals surface area contributed by atoms with Crippen LogP contribution >= 0.6 is 11.6 Å². The molecule has 138 valence electrons. The third-order valence-electron chi connectivity index (χ3n) is 4.13. The number of amides is 2. The Bertz CT molecular complexity index is 1030. The molecule has 0 atom stereocenters. The number of anilines is 1. The zero-order valence-corrected chi connectivity index (χ0v) is 15.8. The molecule has 0 saturated carbocycles. The van der Waals surface area contributed by atoms with Crippen molar-refractivity contribution in [2.24, 2.45) is 0 Å². The summed E-state index contributed by atoms with van der Waals surface area (Å²) < 4.78 is 1.56. The van der Waals surface area contributed by atoms with Gasteiger partial charge in [0.25, 0.3) is 11.8 Å². The Kier molecular flexibility index (Phi) is 5.23. The first-order valence-electron chi connectivity index (χ1n) is 8.23. The molecule has 2 amide bonds. The molecular formula is C19H18ClN5O2. The molecular weight excluding hydrogens is 366 g/mol. The van der Waals surface area contributed by atoms with E-state index < -0.39 is 0 Å². The van der Waals surface area contributed by atoms with Gasteiger partial charge in [-0.25, -0.2) is 4.68 Å². The maximum atomic E-state index is 12.6. The van der Waals surface area contributed by atoms with Gasteiger partial charge in [0.2, 0.25) is 0 Å². The molecule has 0 aliphatic rings. The second kappa shape index (κ2) is 7.59. The fourth-order valence-corrected chi connectivity index (χ4v) is 2.85. The molecule has 0 unspecified atom stereocenters. The zero-order valence-electron chi connectivity index (χ0n) is 15.1. The molecule has 0 saturated heterocycles. The summed E-state index contributed by atoms with van der Waals surface area (Å²) in [4.78, 5) is 24.3. The van der Waals surface area contributed by atoms with E-state index in [1.54, 1.807) is 55.1 Å². The Balaban J connectivity index is 1.84. The summed E-state index contributed by atoms with van der Waals surface area (Å²) in [5.74, 6) is -0.562. The smallest absolute Gasteiger partial charge is 0.278 e. The lowest BCUT2D eigenvalue weighted by atomic mass is 10.1. The van der Waals surface area contributed by atoms with Gasteiger partial charge in [0, 0.05) is 23.3 Å². The lowest BCUT2D eigenvalue weighted by Crippen LogP contribution is -2.19. The van der Waals surface area contributed by atoms with Crippen LogP contribution in [0.25, 0.3) is 5.69 Å². The average Bonchev–Trinajstić information content (AvgIpc) is 3.04.